The Balaban J connectivity index is 1.78. The Labute approximate surface area is 123 Å². The van der Waals surface area contributed by atoms with Crippen LogP contribution >= 0.6 is 38.9 Å². The third-order valence-electron chi connectivity index (χ3n) is 2.70. The molecule has 0 unspecified atom stereocenters. The Hall–Kier alpha value is -0.490. The fourth-order valence-electron chi connectivity index (χ4n) is 1.64. The molecule has 0 radical (unpaired) electrons. The molecule has 0 aliphatic heterocycles. The fraction of sp³-hybridized carbons (Fsp3) is 0.333. The van der Waals surface area contributed by atoms with Crippen molar-refractivity contribution in [2.24, 2.45) is 0 Å². The third kappa shape index (κ3) is 3.09. The van der Waals surface area contributed by atoms with E-state index in [1.807, 2.05) is 18.2 Å². The molecule has 1 saturated carbocycles. The van der Waals surface area contributed by atoms with Gasteiger partial charge in [-0.15, -0.1) is 10.2 Å². The van der Waals surface area contributed by atoms with E-state index in [9.17, 15) is 0 Å². The van der Waals surface area contributed by atoms with Crippen molar-refractivity contribution in [2.75, 3.05) is 0 Å². The molecule has 6 heteroatoms. The van der Waals surface area contributed by atoms with Crippen LogP contribution in [0.2, 0.25) is 5.02 Å². The van der Waals surface area contributed by atoms with Crippen LogP contribution < -0.4 is 5.32 Å². The van der Waals surface area contributed by atoms with E-state index in [2.05, 4.69) is 31.4 Å². The van der Waals surface area contributed by atoms with E-state index in [0.717, 1.165) is 26.6 Å². The Morgan fingerprint density at radius 3 is 2.89 bits per heavy atom. The van der Waals surface area contributed by atoms with Crippen molar-refractivity contribution in [1.29, 1.82) is 0 Å². The highest BCUT2D eigenvalue weighted by atomic mass is 79.9. The standard InChI is InChI=1S/C12H11BrClN3S/c13-8-3-7(4-9(14)5-8)12-17-16-11(18-12)6-15-10-1-2-10/h3-5,10,15H,1-2,6H2. The highest BCUT2D eigenvalue weighted by Crippen LogP contribution is 2.29. The highest BCUT2D eigenvalue weighted by molar-refractivity contribution is 9.10. The first-order chi connectivity index (χ1) is 8.70. The van der Waals surface area contributed by atoms with E-state index in [0.29, 0.717) is 11.1 Å². The molecule has 0 saturated heterocycles. The molecule has 1 aromatic heterocycles. The summed E-state index contributed by atoms with van der Waals surface area (Å²) in [6, 6.07) is 6.47. The van der Waals surface area contributed by atoms with Gasteiger partial charge in [-0.3, -0.25) is 0 Å². The summed E-state index contributed by atoms with van der Waals surface area (Å²) >= 11 is 11.1. The number of aromatic nitrogens is 2. The van der Waals surface area contributed by atoms with Crippen LogP contribution in [0, 0.1) is 0 Å². The van der Waals surface area contributed by atoms with E-state index in [1.165, 1.54) is 12.8 Å². The molecule has 1 heterocycles. The predicted octanol–water partition coefficient (Wildman–Crippen LogP) is 3.87. The van der Waals surface area contributed by atoms with Gasteiger partial charge in [-0.05, 0) is 31.0 Å². The molecule has 1 fully saturated rings. The van der Waals surface area contributed by atoms with Crippen LogP contribution in [-0.4, -0.2) is 16.2 Å². The summed E-state index contributed by atoms with van der Waals surface area (Å²) in [5.41, 5.74) is 1.00. The van der Waals surface area contributed by atoms with Crippen molar-refractivity contribution >= 4 is 38.9 Å². The number of halogens is 2. The molecule has 1 aliphatic carbocycles. The summed E-state index contributed by atoms with van der Waals surface area (Å²) in [7, 11) is 0. The molecule has 0 amide bonds. The van der Waals surface area contributed by atoms with Gasteiger partial charge in [0.2, 0.25) is 0 Å². The smallest absolute Gasteiger partial charge is 0.147 e. The van der Waals surface area contributed by atoms with Gasteiger partial charge in [-0.25, -0.2) is 0 Å². The van der Waals surface area contributed by atoms with Crippen molar-refractivity contribution < 1.29 is 0 Å². The van der Waals surface area contributed by atoms with Crippen molar-refractivity contribution in [3.05, 3.63) is 32.7 Å². The molecule has 0 atom stereocenters. The van der Waals surface area contributed by atoms with Crippen molar-refractivity contribution in [2.45, 2.75) is 25.4 Å². The van der Waals surface area contributed by atoms with Gasteiger partial charge >= 0.3 is 0 Å². The quantitative estimate of drug-likeness (QED) is 0.915. The average Bonchev–Trinajstić information content (AvgIpc) is 3.02. The summed E-state index contributed by atoms with van der Waals surface area (Å²) in [6.45, 7) is 0.810. The number of nitrogens with one attached hydrogen (secondary N) is 1. The number of benzene rings is 1. The molecule has 94 valence electrons. The lowest BCUT2D eigenvalue weighted by molar-refractivity contribution is 0.679. The van der Waals surface area contributed by atoms with Crippen molar-refractivity contribution in [3.8, 4) is 10.6 Å². The number of rotatable bonds is 4. The average molecular weight is 345 g/mol. The first-order valence-corrected chi connectivity index (χ1v) is 7.72. The van der Waals surface area contributed by atoms with Crippen LogP contribution in [-0.2, 0) is 6.54 Å². The number of hydrogen-bond donors (Lipinski definition) is 1. The van der Waals surface area contributed by atoms with Gasteiger partial charge in [0, 0.05) is 27.6 Å². The van der Waals surface area contributed by atoms with Gasteiger partial charge in [0.05, 0.1) is 0 Å². The topological polar surface area (TPSA) is 37.8 Å². The van der Waals surface area contributed by atoms with Crippen LogP contribution in [0.3, 0.4) is 0 Å². The first kappa shape index (κ1) is 12.5. The normalized spacial score (nSPS) is 15.0. The molecule has 0 spiro atoms. The van der Waals surface area contributed by atoms with Crippen molar-refractivity contribution in [3.63, 3.8) is 0 Å². The molecule has 18 heavy (non-hydrogen) atoms. The van der Waals surface area contributed by atoms with Gasteiger partial charge in [-0.2, -0.15) is 0 Å². The van der Waals surface area contributed by atoms with Gasteiger partial charge in [-0.1, -0.05) is 38.9 Å². The molecule has 2 aromatic rings. The van der Waals surface area contributed by atoms with E-state index in [1.54, 1.807) is 11.3 Å². The monoisotopic (exact) mass is 343 g/mol. The molecule has 1 N–H and O–H groups in total. The van der Waals surface area contributed by atoms with Crippen LogP contribution in [0.1, 0.15) is 17.8 Å². The number of nitrogens with zero attached hydrogens (tertiary/aromatic N) is 2. The zero-order valence-corrected chi connectivity index (χ0v) is 12.6. The molecular formula is C12H11BrClN3S. The molecule has 1 aromatic carbocycles. The lowest BCUT2D eigenvalue weighted by Crippen LogP contribution is -2.14. The van der Waals surface area contributed by atoms with Crippen LogP contribution in [0.4, 0.5) is 0 Å². The maximum atomic E-state index is 6.03. The second kappa shape index (κ2) is 5.25. The minimum absolute atomic E-state index is 0.692. The maximum Gasteiger partial charge on any atom is 0.147 e. The molecular weight excluding hydrogens is 334 g/mol. The van der Waals surface area contributed by atoms with Gasteiger partial charge in [0.1, 0.15) is 10.0 Å². The summed E-state index contributed by atoms with van der Waals surface area (Å²) in [4.78, 5) is 0. The number of hydrogen-bond acceptors (Lipinski definition) is 4. The van der Waals surface area contributed by atoms with Crippen LogP contribution in [0.15, 0.2) is 22.7 Å². The minimum Gasteiger partial charge on any atom is -0.308 e. The van der Waals surface area contributed by atoms with Gasteiger partial charge in [0.25, 0.3) is 0 Å². The Kier molecular flexibility index (Phi) is 3.66. The summed E-state index contributed by atoms with van der Waals surface area (Å²) in [5.74, 6) is 0. The zero-order valence-electron chi connectivity index (χ0n) is 9.49. The maximum absolute atomic E-state index is 6.03. The van der Waals surface area contributed by atoms with E-state index >= 15 is 0 Å². The largest absolute Gasteiger partial charge is 0.308 e. The SMILES string of the molecule is Clc1cc(Br)cc(-c2nnc(CNC3CC3)s2)c1. The Bertz CT molecular complexity index is 548. The van der Waals surface area contributed by atoms with Gasteiger partial charge in [0.15, 0.2) is 0 Å². The first-order valence-electron chi connectivity index (χ1n) is 5.73. The van der Waals surface area contributed by atoms with Crippen LogP contribution in [0.5, 0.6) is 0 Å². The van der Waals surface area contributed by atoms with Crippen LogP contribution in [0.25, 0.3) is 10.6 Å². The van der Waals surface area contributed by atoms with E-state index in [-0.39, 0.29) is 0 Å². The molecule has 3 nitrogen and oxygen atoms in total. The molecule has 0 bridgehead atoms. The predicted molar refractivity (Wildman–Crippen MR) is 77.9 cm³/mol. The summed E-state index contributed by atoms with van der Waals surface area (Å²) in [6.07, 6.45) is 2.57. The zero-order chi connectivity index (χ0) is 12.5. The fourth-order valence-corrected chi connectivity index (χ4v) is 3.28. The van der Waals surface area contributed by atoms with E-state index in [4.69, 9.17) is 11.6 Å². The van der Waals surface area contributed by atoms with Crippen molar-refractivity contribution in [1.82, 2.24) is 15.5 Å². The Morgan fingerprint density at radius 1 is 1.33 bits per heavy atom. The van der Waals surface area contributed by atoms with E-state index < -0.39 is 0 Å². The summed E-state index contributed by atoms with van der Waals surface area (Å²) < 4.78 is 0.956. The lowest BCUT2D eigenvalue weighted by Gasteiger charge is -1.98. The Morgan fingerprint density at radius 2 is 2.17 bits per heavy atom. The highest BCUT2D eigenvalue weighted by Gasteiger charge is 2.20. The molecule has 3 rings (SSSR count). The summed E-state index contributed by atoms with van der Waals surface area (Å²) in [5, 5.41) is 14.5. The molecule has 1 aliphatic rings. The lowest BCUT2D eigenvalue weighted by atomic mass is 10.2. The second-order valence-corrected chi connectivity index (χ2v) is 6.73. The van der Waals surface area contributed by atoms with Gasteiger partial charge < -0.3 is 5.32 Å². The third-order valence-corrected chi connectivity index (χ3v) is 4.34. The second-order valence-electron chi connectivity index (χ2n) is 4.31. The minimum atomic E-state index is 0.692.